The summed E-state index contributed by atoms with van der Waals surface area (Å²) in [5, 5.41) is 2.98. The number of carbonyl (C=O) groups excluding carboxylic acids is 1. The number of hydrazine groups is 1. The molecular formula is C13H16N6O2. The summed E-state index contributed by atoms with van der Waals surface area (Å²) in [6.45, 7) is 2.04. The predicted octanol–water partition coefficient (Wildman–Crippen LogP) is 1.26. The van der Waals surface area contributed by atoms with Crippen LogP contribution in [0.3, 0.4) is 0 Å². The molecule has 8 nitrogen and oxygen atoms in total. The lowest BCUT2D eigenvalue weighted by atomic mass is 10.2. The van der Waals surface area contributed by atoms with Gasteiger partial charge in [-0.3, -0.25) is 0 Å². The highest BCUT2D eigenvalue weighted by atomic mass is 16.5. The summed E-state index contributed by atoms with van der Waals surface area (Å²) in [4.78, 5) is 19.8. The Morgan fingerprint density at radius 2 is 2.00 bits per heavy atom. The maximum Gasteiger partial charge on any atom is 0.340 e. The number of anilines is 4. The van der Waals surface area contributed by atoms with Crippen molar-refractivity contribution in [2.24, 2.45) is 5.84 Å². The molecule has 0 unspecified atom stereocenters. The number of hydrogen-bond acceptors (Lipinski definition) is 8. The second-order valence-electron chi connectivity index (χ2n) is 4.02. The van der Waals surface area contributed by atoms with Gasteiger partial charge in [0.15, 0.2) is 11.6 Å². The lowest BCUT2D eigenvalue weighted by Crippen LogP contribution is -2.13. The van der Waals surface area contributed by atoms with Crippen molar-refractivity contribution in [2.45, 2.75) is 6.92 Å². The molecule has 0 bridgehead atoms. The Bertz CT molecular complexity index is 646. The predicted molar refractivity (Wildman–Crippen MR) is 79.9 cm³/mol. The number of hydrogen-bond donors (Lipinski definition) is 4. The van der Waals surface area contributed by atoms with Crippen molar-refractivity contribution in [3.8, 4) is 0 Å². The lowest BCUT2D eigenvalue weighted by Gasteiger charge is -2.13. The van der Waals surface area contributed by atoms with E-state index in [0.29, 0.717) is 29.5 Å². The summed E-state index contributed by atoms with van der Waals surface area (Å²) in [5.41, 5.74) is 9.42. The van der Waals surface area contributed by atoms with Crippen LogP contribution in [0.25, 0.3) is 0 Å². The quantitative estimate of drug-likeness (QED) is 0.368. The van der Waals surface area contributed by atoms with Crippen LogP contribution in [0.1, 0.15) is 17.3 Å². The van der Waals surface area contributed by atoms with Gasteiger partial charge in [0.25, 0.3) is 0 Å². The number of rotatable bonds is 5. The maximum absolute atomic E-state index is 11.9. The van der Waals surface area contributed by atoms with E-state index in [2.05, 4.69) is 20.7 Å². The van der Waals surface area contributed by atoms with E-state index in [0.717, 1.165) is 0 Å². The molecule has 6 N–H and O–H groups in total. The molecule has 110 valence electrons. The number of nitrogen functional groups attached to an aromatic ring is 2. The van der Waals surface area contributed by atoms with Gasteiger partial charge in [0.1, 0.15) is 12.0 Å². The first kappa shape index (κ1) is 14.5. The first-order valence-electron chi connectivity index (χ1n) is 6.27. The van der Waals surface area contributed by atoms with Crippen LogP contribution < -0.4 is 22.3 Å². The summed E-state index contributed by atoms with van der Waals surface area (Å²) >= 11 is 0. The number of ether oxygens (including phenoxy) is 1. The molecule has 2 aromatic rings. The number of carbonyl (C=O) groups is 1. The van der Waals surface area contributed by atoms with E-state index in [4.69, 9.17) is 16.3 Å². The van der Waals surface area contributed by atoms with Crippen LogP contribution in [0.2, 0.25) is 0 Å². The van der Waals surface area contributed by atoms with Crippen LogP contribution in [0.5, 0.6) is 0 Å². The zero-order valence-electron chi connectivity index (χ0n) is 11.5. The van der Waals surface area contributed by atoms with E-state index in [9.17, 15) is 4.79 Å². The van der Waals surface area contributed by atoms with E-state index in [1.54, 1.807) is 31.2 Å². The topological polar surface area (TPSA) is 128 Å². The third-order valence-corrected chi connectivity index (χ3v) is 2.70. The van der Waals surface area contributed by atoms with Crippen LogP contribution in [-0.4, -0.2) is 22.5 Å². The molecule has 1 heterocycles. The minimum Gasteiger partial charge on any atom is -0.462 e. The monoisotopic (exact) mass is 288 g/mol. The highest BCUT2D eigenvalue weighted by Crippen LogP contribution is 2.27. The van der Waals surface area contributed by atoms with Crippen molar-refractivity contribution in [1.29, 1.82) is 0 Å². The SMILES string of the molecule is CCOC(=O)c1ccccc1Nc1ncnc(NN)c1N. The minimum absolute atomic E-state index is 0.249. The van der Waals surface area contributed by atoms with Crippen LogP contribution >= 0.6 is 0 Å². The zero-order chi connectivity index (χ0) is 15.2. The van der Waals surface area contributed by atoms with Crippen LogP contribution in [0.15, 0.2) is 30.6 Å². The number of para-hydroxylation sites is 1. The minimum atomic E-state index is -0.426. The smallest absolute Gasteiger partial charge is 0.340 e. The lowest BCUT2D eigenvalue weighted by molar-refractivity contribution is 0.0527. The Kier molecular flexibility index (Phi) is 4.52. The molecule has 1 aromatic heterocycles. The second-order valence-corrected chi connectivity index (χ2v) is 4.02. The fraction of sp³-hybridized carbons (Fsp3) is 0.154. The number of aromatic nitrogens is 2. The molecule has 0 saturated heterocycles. The molecule has 1 aromatic carbocycles. The van der Waals surface area contributed by atoms with E-state index < -0.39 is 5.97 Å². The Balaban J connectivity index is 2.34. The summed E-state index contributed by atoms with van der Waals surface area (Å²) in [6, 6.07) is 6.90. The van der Waals surface area contributed by atoms with E-state index in [1.165, 1.54) is 6.33 Å². The average Bonchev–Trinajstić information content (AvgIpc) is 2.50. The Morgan fingerprint density at radius 1 is 1.29 bits per heavy atom. The van der Waals surface area contributed by atoms with Gasteiger partial charge in [-0.15, -0.1) is 0 Å². The summed E-state index contributed by atoms with van der Waals surface area (Å²) in [7, 11) is 0. The van der Waals surface area contributed by atoms with Gasteiger partial charge < -0.3 is 21.2 Å². The molecule has 0 saturated carbocycles. The first-order chi connectivity index (χ1) is 10.2. The van der Waals surface area contributed by atoms with E-state index in [-0.39, 0.29) is 5.69 Å². The van der Waals surface area contributed by atoms with E-state index in [1.807, 2.05) is 0 Å². The molecule has 0 spiro atoms. The first-order valence-corrected chi connectivity index (χ1v) is 6.27. The van der Waals surface area contributed by atoms with Gasteiger partial charge >= 0.3 is 5.97 Å². The highest BCUT2D eigenvalue weighted by Gasteiger charge is 2.14. The zero-order valence-corrected chi connectivity index (χ0v) is 11.5. The van der Waals surface area contributed by atoms with Crippen molar-refractivity contribution in [3.05, 3.63) is 36.2 Å². The van der Waals surface area contributed by atoms with Gasteiger partial charge in [-0.2, -0.15) is 0 Å². The van der Waals surface area contributed by atoms with Crippen molar-refractivity contribution in [2.75, 3.05) is 23.1 Å². The van der Waals surface area contributed by atoms with Gasteiger partial charge in [-0.25, -0.2) is 20.6 Å². The molecule has 2 rings (SSSR count). The molecule has 8 heteroatoms. The number of esters is 1. The number of benzene rings is 1. The molecule has 0 aliphatic rings. The van der Waals surface area contributed by atoms with Gasteiger partial charge in [0.2, 0.25) is 0 Å². The fourth-order valence-corrected chi connectivity index (χ4v) is 1.72. The molecule has 0 aliphatic heterocycles. The fourth-order valence-electron chi connectivity index (χ4n) is 1.72. The Hall–Kier alpha value is -2.87. The molecular weight excluding hydrogens is 272 g/mol. The molecule has 0 radical (unpaired) electrons. The van der Waals surface area contributed by atoms with Gasteiger partial charge in [0.05, 0.1) is 17.9 Å². The van der Waals surface area contributed by atoms with Crippen molar-refractivity contribution < 1.29 is 9.53 Å². The molecule has 0 fully saturated rings. The van der Waals surface area contributed by atoms with Gasteiger partial charge in [0, 0.05) is 0 Å². The largest absolute Gasteiger partial charge is 0.462 e. The normalized spacial score (nSPS) is 10.0. The number of nitrogens with one attached hydrogen (secondary N) is 2. The standard InChI is InChI=1S/C13H16N6O2/c1-2-21-13(20)8-5-3-4-6-9(8)18-11-10(14)12(19-15)17-7-16-11/h3-7H,2,14-15H2,1H3,(H2,16,17,18,19). The Morgan fingerprint density at radius 3 is 2.71 bits per heavy atom. The van der Waals surface area contributed by atoms with Gasteiger partial charge in [-0.1, -0.05) is 12.1 Å². The van der Waals surface area contributed by atoms with E-state index >= 15 is 0 Å². The Labute approximate surface area is 121 Å². The maximum atomic E-state index is 11.9. The van der Waals surface area contributed by atoms with Crippen LogP contribution in [-0.2, 0) is 4.74 Å². The molecule has 21 heavy (non-hydrogen) atoms. The van der Waals surface area contributed by atoms with Crippen molar-refractivity contribution >= 4 is 29.0 Å². The number of nitrogens with two attached hydrogens (primary N) is 2. The third-order valence-electron chi connectivity index (χ3n) is 2.70. The number of nitrogens with zero attached hydrogens (tertiary/aromatic N) is 2. The highest BCUT2D eigenvalue weighted by molar-refractivity contribution is 5.97. The summed E-state index contributed by atoms with van der Waals surface area (Å²) in [6.07, 6.45) is 1.31. The van der Waals surface area contributed by atoms with Crippen molar-refractivity contribution in [1.82, 2.24) is 9.97 Å². The summed E-state index contributed by atoms with van der Waals surface area (Å²) < 4.78 is 5.01. The molecule has 0 amide bonds. The second kappa shape index (κ2) is 6.53. The summed E-state index contributed by atoms with van der Waals surface area (Å²) in [5.74, 6) is 5.52. The molecule has 0 atom stereocenters. The average molecular weight is 288 g/mol. The van der Waals surface area contributed by atoms with Crippen LogP contribution in [0, 0.1) is 0 Å². The van der Waals surface area contributed by atoms with Crippen LogP contribution in [0.4, 0.5) is 23.0 Å². The molecule has 0 aliphatic carbocycles. The van der Waals surface area contributed by atoms with Crippen molar-refractivity contribution in [3.63, 3.8) is 0 Å². The van der Waals surface area contributed by atoms with Gasteiger partial charge in [-0.05, 0) is 19.1 Å². The third kappa shape index (κ3) is 3.18.